The molecule has 0 saturated heterocycles. The van der Waals surface area contributed by atoms with Gasteiger partial charge in [0.1, 0.15) is 0 Å². The molecule has 0 aliphatic carbocycles. The van der Waals surface area contributed by atoms with Gasteiger partial charge in [-0.3, -0.25) is 4.79 Å². The Labute approximate surface area is 168 Å². The lowest BCUT2D eigenvalue weighted by molar-refractivity contribution is 0.0963. The number of benzene rings is 2. The number of hydrogen-bond acceptors (Lipinski definition) is 2. The maximum absolute atomic E-state index is 12.8. The number of hydrogen-bond donors (Lipinski definition) is 2. The van der Waals surface area contributed by atoms with E-state index in [9.17, 15) is 9.59 Å². The van der Waals surface area contributed by atoms with E-state index in [2.05, 4.69) is 56.5 Å². The van der Waals surface area contributed by atoms with Gasteiger partial charge in [-0.15, -0.1) is 0 Å². The minimum atomic E-state index is -0.148. The molecule has 3 amide bonds. The number of rotatable bonds is 6. The van der Waals surface area contributed by atoms with Crippen LogP contribution in [0.1, 0.15) is 66.6 Å². The molecular formula is C23H31N3O2. The van der Waals surface area contributed by atoms with Crippen molar-refractivity contribution >= 4 is 17.6 Å². The lowest BCUT2D eigenvalue weighted by atomic mass is 9.93. The topological polar surface area (TPSA) is 61.4 Å². The number of nitrogens with one attached hydrogen (secondary N) is 2. The van der Waals surface area contributed by atoms with Crippen LogP contribution in [0.4, 0.5) is 10.5 Å². The van der Waals surface area contributed by atoms with Gasteiger partial charge in [0.15, 0.2) is 0 Å². The maximum atomic E-state index is 12.8. The van der Waals surface area contributed by atoms with E-state index in [0.29, 0.717) is 23.9 Å². The monoisotopic (exact) mass is 381 g/mol. The molecule has 0 radical (unpaired) electrons. The number of urea groups is 1. The molecule has 0 aromatic heterocycles. The van der Waals surface area contributed by atoms with Gasteiger partial charge in [0.05, 0.1) is 0 Å². The molecule has 2 aromatic rings. The standard InChI is InChI=1S/C23H31N3O2/c1-15(2)19-8-7-9-20(16(3)4)21(19)25-23(28)26(6)14-17-10-12-18(13-11-17)22(27)24-5/h7-13,15-16H,14H2,1-6H3,(H,24,27)(H,25,28). The first-order chi connectivity index (χ1) is 13.2. The highest BCUT2D eigenvalue weighted by atomic mass is 16.2. The van der Waals surface area contributed by atoms with Crippen LogP contribution in [0.2, 0.25) is 0 Å². The van der Waals surface area contributed by atoms with Crippen molar-refractivity contribution in [3.05, 3.63) is 64.7 Å². The zero-order chi connectivity index (χ0) is 20.8. The smallest absolute Gasteiger partial charge is 0.321 e. The van der Waals surface area contributed by atoms with Gasteiger partial charge in [0.2, 0.25) is 0 Å². The Morgan fingerprint density at radius 3 is 1.93 bits per heavy atom. The second-order valence-corrected chi connectivity index (χ2v) is 7.68. The highest BCUT2D eigenvalue weighted by molar-refractivity contribution is 5.94. The normalized spacial score (nSPS) is 10.9. The SMILES string of the molecule is CNC(=O)c1ccc(CN(C)C(=O)Nc2c(C(C)C)cccc2C(C)C)cc1. The molecule has 0 aliphatic rings. The van der Waals surface area contributed by atoms with Gasteiger partial charge in [-0.2, -0.15) is 0 Å². The third kappa shape index (κ3) is 5.12. The average molecular weight is 382 g/mol. The fourth-order valence-corrected chi connectivity index (χ4v) is 3.15. The average Bonchev–Trinajstić information content (AvgIpc) is 2.67. The minimum absolute atomic E-state index is 0.121. The van der Waals surface area contributed by atoms with E-state index >= 15 is 0 Å². The summed E-state index contributed by atoms with van der Waals surface area (Å²) in [6, 6.07) is 13.3. The van der Waals surface area contributed by atoms with Crippen LogP contribution >= 0.6 is 0 Å². The van der Waals surface area contributed by atoms with Crippen molar-refractivity contribution in [2.75, 3.05) is 19.4 Å². The largest absolute Gasteiger partial charge is 0.355 e. The lowest BCUT2D eigenvalue weighted by Crippen LogP contribution is -2.31. The van der Waals surface area contributed by atoms with Gasteiger partial charge in [-0.1, -0.05) is 58.0 Å². The Kier molecular flexibility index (Phi) is 7.21. The molecule has 2 N–H and O–H groups in total. The predicted octanol–water partition coefficient (Wildman–Crippen LogP) is 4.96. The van der Waals surface area contributed by atoms with Crippen LogP contribution in [0.25, 0.3) is 0 Å². The van der Waals surface area contributed by atoms with Gasteiger partial charge in [-0.05, 0) is 40.7 Å². The van der Waals surface area contributed by atoms with Crippen LogP contribution in [-0.4, -0.2) is 30.9 Å². The van der Waals surface area contributed by atoms with Crippen molar-refractivity contribution in [1.29, 1.82) is 0 Å². The third-order valence-electron chi connectivity index (χ3n) is 4.81. The van der Waals surface area contributed by atoms with E-state index in [1.165, 1.54) is 0 Å². The highest BCUT2D eigenvalue weighted by Crippen LogP contribution is 2.32. The zero-order valence-electron chi connectivity index (χ0n) is 17.7. The molecule has 0 spiro atoms. The first kappa shape index (κ1) is 21.5. The van der Waals surface area contributed by atoms with E-state index in [1.807, 2.05) is 12.1 Å². The summed E-state index contributed by atoms with van der Waals surface area (Å²) < 4.78 is 0. The Bertz CT molecular complexity index is 800. The summed E-state index contributed by atoms with van der Waals surface area (Å²) in [4.78, 5) is 26.1. The van der Waals surface area contributed by atoms with Gasteiger partial charge in [0, 0.05) is 31.9 Å². The molecule has 150 valence electrons. The number of nitrogens with zero attached hydrogens (tertiary/aromatic N) is 1. The van der Waals surface area contributed by atoms with Gasteiger partial charge >= 0.3 is 6.03 Å². The fraction of sp³-hybridized carbons (Fsp3) is 0.391. The Balaban J connectivity index is 2.15. The van der Waals surface area contributed by atoms with E-state index in [4.69, 9.17) is 0 Å². The first-order valence-corrected chi connectivity index (χ1v) is 9.70. The molecule has 28 heavy (non-hydrogen) atoms. The number of amides is 3. The van der Waals surface area contributed by atoms with E-state index < -0.39 is 0 Å². The van der Waals surface area contributed by atoms with Crippen molar-refractivity contribution in [3.63, 3.8) is 0 Å². The lowest BCUT2D eigenvalue weighted by Gasteiger charge is -2.23. The second kappa shape index (κ2) is 9.40. The van der Waals surface area contributed by atoms with Crippen LogP contribution in [0.3, 0.4) is 0 Å². The summed E-state index contributed by atoms with van der Waals surface area (Å²) in [5, 5.41) is 5.73. The summed E-state index contributed by atoms with van der Waals surface area (Å²) in [6.07, 6.45) is 0. The molecule has 0 fully saturated rings. The number of anilines is 1. The number of carbonyl (C=O) groups excluding carboxylic acids is 2. The summed E-state index contributed by atoms with van der Waals surface area (Å²) in [5.41, 5.74) is 4.77. The molecule has 0 heterocycles. The summed E-state index contributed by atoms with van der Waals surface area (Å²) >= 11 is 0. The molecule has 2 rings (SSSR count). The van der Waals surface area contributed by atoms with Crippen LogP contribution in [0, 0.1) is 0 Å². The quantitative estimate of drug-likeness (QED) is 0.743. The van der Waals surface area contributed by atoms with Crippen molar-refractivity contribution in [2.24, 2.45) is 0 Å². The minimum Gasteiger partial charge on any atom is -0.355 e. The van der Waals surface area contributed by atoms with Crippen LogP contribution in [0.5, 0.6) is 0 Å². The summed E-state index contributed by atoms with van der Waals surface area (Å²) in [6.45, 7) is 8.99. The van der Waals surface area contributed by atoms with Gasteiger partial charge in [0.25, 0.3) is 5.91 Å². The van der Waals surface area contributed by atoms with Crippen molar-refractivity contribution in [3.8, 4) is 0 Å². The molecule has 5 heteroatoms. The molecule has 0 aliphatic heterocycles. The number of para-hydroxylation sites is 1. The predicted molar refractivity (Wildman–Crippen MR) is 115 cm³/mol. The van der Waals surface area contributed by atoms with Crippen molar-refractivity contribution in [1.82, 2.24) is 10.2 Å². The van der Waals surface area contributed by atoms with Crippen LogP contribution < -0.4 is 10.6 Å². The van der Waals surface area contributed by atoms with Gasteiger partial charge in [-0.25, -0.2) is 4.79 Å². The fourth-order valence-electron chi connectivity index (χ4n) is 3.15. The maximum Gasteiger partial charge on any atom is 0.321 e. The number of carbonyl (C=O) groups is 2. The Morgan fingerprint density at radius 1 is 0.929 bits per heavy atom. The van der Waals surface area contributed by atoms with Crippen molar-refractivity contribution < 1.29 is 9.59 Å². The molecule has 0 atom stereocenters. The summed E-state index contributed by atoms with van der Waals surface area (Å²) in [5.74, 6) is 0.511. The third-order valence-corrected chi connectivity index (χ3v) is 4.81. The molecule has 0 saturated carbocycles. The molecule has 2 aromatic carbocycles. The van der Waals surface area contributed by atoms with Crippen LogP contribution in [-0.2, 0) is 6.54 Å². The molecule has 0 bridgehead atoms. The molecular weight excluding hydrogens is 350 g/mol. The second-order valence-electron chi connectivity index (χ2n) is 7.68. The van der Waals surface area contributed by atoms with E-state index in [-0.39, 0.29) is 11.9 Å². The molecule has 0 unspecified atom stereocenters. The summed E-state index contributed by atoms with van der Waals surface area (Å²) in [7, 11) is 3.38. The van der Waals surface area contributed by atoms with Crippen LogP contribution in [0.15, 0.2) is 42.5 Å². The van der Waals surface area contributed by atoms with Gasteiger partial charge < -0.3 is 15.5 Å². The van der Waals surface area contributed by atoms with E-state index in [1.54, 1.807) is 31.1 Å². The first-order valence-electron chi connectivity index (χ1n) is 9.70. The highest BCUT2D eigenvalue weighted by Gasteiger charge is 2.18. The molecule has 5 nitrogen and oxygen atoms in total. The van der Waals surface area contributed by atoms with E-state index in [0.717, 1.165) is 22.4 Å². The Hall–Kier alpha value is -2.82. The Morgan fingerprint density at radius 2 is 1.46 bits per heavy atom. The zero-order valence-corrected chi connectivity index (χ0v) is 17.7. The van der Waals surface area contributed by atoms with Crippen molar-refractivity contribution in [2.45, 2.75) is 46.1 Å².